The van der Waals surface area contributed by atoms with Gasteiger partial charge in [0.25, 0.3) is 5.91 Å². The van der Waals surface area contributed by atoms with Crippen LogP contribution >= 0.6 is 11.6 Å². The zero-order valence-electron chi connectivity index (χ0n) is 14.4. The fraction of sp³-hybridized carbons (Fsp3) is 0.444. The molecule has 0 heterocycles. The van der Waals surface area contributed by atoms with E-state index in [1.807, 2.05) is 6.07 Å². The van der Waals surface area contributed by atoms with E-state index in [1.54, 1.807) is 0 Å². The average molecular weight is 378 g/mol. The van der Waals surface area contributed by atoms with Gasteiger partial charge in [0.2, 0.25) is 5.91 Å². The molecule has 2 rings (SSSR count). The molecule has 0 aromatic heterocycles. The van der Waals surface area contributed by atoms with Crippen LogP contribution in [0, 0.1) is 17.2 Å². The summed E-state index contributed by atoms with van der Waals surface area (Å²) in [5, 5.41) is 14.2. The Morgan fingerprint density at radius 3 is 2.62 bits per heavy atom. The van der Waals surface area contributed by atoms with Crippen LogP contribution in [-0.2, 0) is 19.1 Å². The summed E-state index contributed by atoms with van der Waals surface area (Å²) in [6, 6.07) is 5.65. The van der Waals surface area contributed by atoms with E-state index < -0.39 is 24.5 Å². The lowest BCUT2D eigenvalue weighted by atomic mass is 9.98. The average Bonchev–Trinajstić information content (AvgIpc) is 3.12. The van der Waals surface area contributed by atoms with Gasteiger partial charge in [0.15, 0.2) is 6.61 Å². The Bertz CT molecular complexity index is 738. The van der Waals surface area contributed by atoms with Gasteiger partial charge in [-0.15, -0.1) is 0 Å². The van der Waals surface area contributed by atoms with E-state index >= 15 is 0 Å². The van der Waals surface area contributed by atoms with Crippen LogP contribution in [0.1, 0.15) is 38.2 Å². The maximum absolute atomic E-state index is 12.3. The molecule has 8 heteroatoms. The fourth-order valence-electron chi connectivity index (χ4n) is 2.99. The van der Waals surface area contributed by atoms with Crippen molar-refractivity contribution in [3.63, 3.8) is 0 Å². The number of nitrogens with zero attached hydrogens (tertiary/aromatic N) is 1. The minimum Gasteiger partial charge on any atom is -0.454 e. The molecule has 1 atom stereocenters. The number of carbonyl (C=O) groups excluding carboxylic acids is 3. The summed E-state index contributed by atoms with van der Waals surface area (Å²) in [7, 11) is 0. The molecule has 0 saturated heterocycles. The number of hydrogen-bond donors (Lipinski definition) is 2. The zero-order valence-corrected chi connectivity index (χ0v) is 15.1. The third-order valence-electron chi connectivity index (χ3n) is 4.20. The predicted octanol–water partition coefficient (Wildman–Crippen LogP) is 2.39. The van der Waals surface area contributed by atoms with Gasteiger partial charge >= 0.3 is 5.97 Å². The first-order chi connectivity index (χ1) is 12.4. The second-order valence-electron chi connectivity index (χ2n) is 6.19. The Morgan fingerprint density at radius 1 is 1.35 bits per heavy atom. The Hall–Kier alpha value is -2.59. The van der Waals surface area contributed by atoms with Gasteiger partial charge in [-0.2, -0.15) is 5.26 Å². The fourth-order valence-corrected chi connectivity index (χ4v) is 3.21. The van der Waals surface area contributed by atoms with E-state index in [0.717, 1.165) is 25.7 Å². The number of nitrogens with one attached hydrogen (secondary N) is 2. The van der Waals surface area contributed by atoms with Crippen molar-refractivity contribution < 1.29 is 19.1 Å². The number of anilines is 1. The summed E-state index contributed by atoms with van der Waals surface area (Å²) in [5.41, 5.74) is 0.690. The molecule has 1 unspecified atom stereocenters. The molecule has 1 saturated carbocycles. The topological polar surface area (TPSA) is 108 Å². The van der Waals surface area contributed by atoms with Gasteiger partial charge in [-0.25, -0.2) is 4.79 Å². The molecule has 0 bridgehead atoms. The normalized spacial score (nSPS) is 15.0. The van der Waals surface area contributed by atoms with Crippen LogP contribution in [0.15, 0.2) is 18.2 Å². The molecule has 138 valence electrons. The van der Waals surface area contributed by atoms with Crippen molar-refractivity contribution in [1.82, 2.24) is 5.32 Å². The molecular formula is C18H20ClN3O4. The van der Waals surface area contributed by atoms with Crippen LogP contribution in [0.25, 0.3) is 0 Å². The Labute approximate surface area is 156 Å². The van der Waals surface area contributed by atoms with Crippen LogP contribution in [0.5, 0.6) is 0 Å². The van der Waals surface area contributed by atoms with Gasteiger partial charge in [0.05, 0.1) is 10.6 Å². The molecule has 1 aromatic carbocycles. The third kappa shape index (κ3) is 5.46. The Morgan fingerprint density at radius 2 is 2.04 bits per heavy atom. The minimum atomic E-state index is -0.729. The van der Waals surface area contributed by atoms with Crippen molar-refractivity contribution in [3.8, 4) is 6.07 Å². The summed E-state index contributed by atoms with van der Waals surface area (Å²) in [6.45, 7) is 0.871. The van der Waals surface area contributed by atoms with Crippen molar-refractivity contribution in [2.75, 3.05) is 11.9 Å². The van der Waals surface area contributed by atoms with Crippen molar-refractivity contribution >= 4 is 35.1 Å². The lowest BCUT2D eigenvalue weighted by Crippen LogP contribution is -2.46. The van der Waals surface area contributed by atoms with Crippen molar-refractivity contribution in [1.29, 1.82) is 5.26 Å². The lowest BCUT2D eigenvalue weighted by Gasteiger charge is -2.22. The summed E-state index contributed by atoms with van der Waals surface area (Å²) in [5.74, 6) is -1.42. The highest BCUT2D eigenvalue weighted by Crippen LogP contribution is 2.28. The molecular weight excluding hydrogens is 358 g/mol. The quantitative estimate of drug-likeness (QED) is 0.740. The van der Waals surface area contributed by atoms with Gasteiger partial charge in [-0.1, -0.05) is 24.4 Å². The number of ether oxygens (including phenoxy) is 1. The first kappa shape index (κ1) is 19.7. The molecule has 0 spiro atoms. The number of esters is 1. The van der Waals surface area contributed by atoms with E-state index in [-0.39, 0.29) is 16.8 Å². The van der Waals surface area contributed by atoms with Crippen LogP contribution in [0.4, 0.5) is 5.69 Å². The summed E-state index contributed by atoms with van der Waals surface area (Å²) < 4.78 is 5.08. The molecule has 1 aliphatic rings. The molecule has 2 amide bonds. The second-order valence-corrected chi connectivity index (χ2v) is 6.59. The number of amides is 2. The zero-order chi connectivity index (χ0) is 19.1. The van der Waals surface area contributed by atoms with Gasteiger partial charge in [-0.3, -0.25) is 9.59 Å². The van der Waals surface area contributed by atoms with Crippen LogP contribution < -0.4 is 10.6 Å². The maximum Gasteiger partial charge on any atom is 0.329 e. The first-order valence-electron chi connectivity index (χ1n) is 8.34. The predicted molar refractivity (Wildman–Crippen MR) is 95.3 cm³/mol. The molecule has 1 aliphatic carbocycles. The third-order valence-corrected chi connectivity index (χ3v) is 4.52. The number of benzene rings is 1. The lowest BCUT2D eigenvalue weighted by molar-refractivity contribution is -0.152. The molecule has 1 fully saturated rings. The highest BCUT2D eigenvalue weighted by molar-refractivity contribution is 6.32. The smallest absolute Gasteiger partial charge is 0.329 e. The number of carbonyl (C=O) groups is 3. The van der Waals surface area contributed by atoms with Gasteiger partial charge in [0, 0.05) is 12.6 Å². The number of halogens is 1. The molecule has 7 nitrogen and oxygen atoms in total. The highest BCUT2D eigenvalue weighted by atomic mass is 35.5. The monoisotopic (exact) mass is 377 g/mol. The van der Waals surface area contributed by atoms with Gasteiger partial charge in [0.1, 0.15) is 12.1 Å². The van der Waals surface area contributed by atoms with Gasteiger partial charge in [-0.05, 0) is 37.0 Å². The standard InChI is InChI=1S/C18H20ClN3O4/c1-11(23)21-17(12-4-2-3-5-12)18(25)26-10-16(24)22-14-7-6-13(9-20)15(19)8-14/h6-8,12,17H,2-5,10H2,1H3,(H,21,23)(H,22,24). The molecule has 2 N–H and O–H groups in total. The minimum absolute atomic E-state index is 0.0341. The summed E-state index contributed by atoms with van der Waals surface area (Å²) >= 11 is 5.90. The highest BCUT2D eigenvalue weighted by Gasteiger charge is 2.32. The Balaban J connectivity index is 1.90. The van der Waals surface area contributed by atoms with Crippen LogP contribution in [0.2, 0.25) is 5.02 Å². The van der Waals surface area contributed by atoms with Gasteiger partial charge < -0.3 is 15.4 Å². The van der Waals surface area contributed by atoms with E-state index in [0.29, 0.717) is 11.3 Å². The molecule has 0 aliphatic heterocycles. The van der Waals surface area contributed by atoms with E-state index in [4.69, 9.17) is 21.6 Å². The second kappa shape index (κ2) is 9.20. The largest absolute Gasteiger partial charge is 0.454 e. The maximum atomic E-state index is 12.3. The first-order valence-corrected chi connectivity index (χ1v) is 8.71. The SMILES string of the molecule is CC(=O)NC(C(=O)OCC(=O)Nc1ccc(C#N)c(Cl)c1)C1CCCC1. The van der Waals surface area contributed by atoms with Crippen LogP contribution in [0.3, 0.4) is 0 Å². The van der Waals surface area contributed by atoms with Crippen LogP contribution in [-0.4, -0.2) is 30.4 Å². The Kier molecular flexibility index (Phi) is 6.98. The number of rotatable bonds is 6. The van der Waals surface area contributed by atoms with Crippen molar-refractivity contribution in [2.45, 2.75) is 38.6 Å². The molecule has 26 heavy (non-hydrogen) atoms. The van der Waals surface area contributed by atoms with E-state index in [1.165, 1.54) is 25.1 Å². The molecule has 0 radical (unpaired) electrons. The molecule has 1 aromatic rings. The number of hydrogen-bond acceptors (Lipinski definition) is 5. The number of nitriles is 1. The summed E-state index contributed by atoms with van der Waals surface area (Å²) in [4.78, 5) is 35.6. The van der Waals surface area contributed by atoms with E-state index in [9.17, 15) is 14.4 Å². The van der Waals surface area contributed by atoms with Crippen molar-refractivity contribution in [2.24, 2.45) is 5.92 Å². The summed E-state index contributed by atoms with van der Waals surface area (Å²) in [6.07, 6.45) is 3.70. The van der Waals surface area contributed by atoms with E-state index in [2.05, 4.69) is 10.6 Å². The van der Waals surface area contributed by atoms with Crippen molar-refractivity contribution in [3.05, 3.63) is 28.8 Å².